The molecule has 2 rings (SSSR count). The molecule has 1 heterocycles. The summed E-state index contributed by atoms with van der Waals surface area (Å²) in [7, 11) is 0. The van der Waals surface area contributed by atoms with Gasteiger partial charge < -0.3 is 4.57 Å². The van der Waals surface area contributed by atoms with E-state index < -0.39 is 0 Å². The van der Waals surface area contributed by atoms with Gasteiger partial charge in [-0.2, -0.15) is 10.5 Å². The normalized spacial score (nSPS) is 16.4. The van der Waals surface area contributed by atoms with Crippen molar-refractivity contribution in [3.05, 3.63) is 17.7 Å². The molecule has 1 aromatic rings. The topological polar surface area (TPSA) is 65.4 Å². The Kier molecular flexibility index (Phi) is 2.20. The first kappa shape index (κ1) is 8.77. The van der Waals surface area contributed by atoms with E-state index >= 15 is 0 Å². The average molecular weight is 186 g/mol. The van der Waals surface area contributed by atoms with E-state index in [1.54, 1.807) is 6.33 Å². The molecule has 0 aromatic carbocycles. The first-order chi connectivity index (χ1) is 6.86. The highest BCUT2D eigenvalue weighted by atomic mass is 15.1. The minimum atomic E-state index is 0.249. The van der Waals surface area contributed by atoms with Crippen LogP contribution in [0.15, 0.2) is 6.33 Å². The highest BCUT2D eigenvalue weighted by molar-refractivity contribution is 5.36. The van der Waals surface area contributed by atoms with Gasteiger partial charge in [-0.05, 0) is 12.8 Å². The SMILES string of the molecule is N#Cc1ncn(C2CCCC2)c1C#N. The van der Waals surface area contributed by atoms with Gasteiger partial charge in [0.1, 0.15) is 12.1 Å². The molecule has 0 radical (unpaired) electrons. The maximum atomic E-state index is 8.92. The summed E-state index contributed by atoms with van der Waals surface area (Å²) >= 11 is 0. The summed E-state index contributed by atoms with van der Waals surface area (Å²) in [4.78, 5) is 3.93. The van der Waals surface area contributed by atoms with Gasteiger partial charge in [0.25, 0.3) is 0 Å². The van der Waals surface area contributed by atoms with Gasteiger partial charge >= 0.3 is 0 Å². The predicted molar refractivity (Wildman–Crippen MR) is 49.2 cm³/mol. The molecule has 0 N–H and O–H groups in total. The summed E-state index contributed by atoms with van der Waals surface area (Å²) in [6.07, 6.45) is 6.21. The van der Waals surface area contributed by atoms with E-state index in [1.165, 1.54) is 12.8 Å². The van der Waals surface area contributed by atoms with Gasteiger partial charge in [0.05, 0.1) is 6.33 Å². The zero-order chi connectivity index (χ0) is 9.97. The van der Waals surface area contributed by atoms with E-state index in [0.717, 1.165) is 12.8 Å². The van der Waals surface area contributed by atoms with Gasteiger partial charge in [0.2, 0.25) is 0 Å². The van der Waals surface area contributed by atoms with Crippen molar-refractivity contribution < 1.29 is 0 Å². The van der Waals surface area contributed by atoms with E-state index in [1.807, 2.05) is 16.7 Å². The molecule has 0 spiro atoms. The van der Waals surface area contributed by atoms with Crippen molar-refractivity contribution >= 4 is 0 Å². The molecule has 1 aliphatic carbocycles. The largest absolute Gasteiger partial charge is 0.318 e. The Morgan fingerprint density at radius 1 is 1.29 bits per heavy atom. The molecule has 0 saturated heterocycles. The lowest BCUT2D eigenvalue weighted by Gasteiger charge is -2.10. The Bertz CT molecular complexity index is 412. The minimum absolute atomic E-state index is 0.249. The van der Waals surface area contributed by atoms with Crippen LogP contribution in [0, 0.1) is 22.7 Å². The Hall–Kier alpha value is -1.81. The summed E-state index contributed by atoms with van der Waals surface area (Å²) in [6, 6.07) is 4.36. The highest BCUT2D eigenvalue weighted by Gasteiger charge is 2.21. The standard InChI is InChI=1S/C10H10N4/c11-5-9-10(6-12)14(7-13-9)8-3-1-2-4-8/h7-8H,1-4H2. The molecule has 1 fully saturated rings. The van der Waals surface area contributed by atoms with Crippen LogP contribution in [-0.4, -0.2) is 9.55 Å². The third kappa shape index (κ3) is 1.25. The van der Waals surface area contributed by atoms with Crippen molar-refractivity contribution in [2.45, 2.75) is 31.7 Å². The minimum Gasteiger partial charge on any atom is -0.318 e. The Morgan fingerprint density at radius 3 is 2.57 bits per heavy atom. The van der Waals surface area contributed by atoms with E-state index in [2.05, 4.69) is 4.98 Å². The lowest BCUT2D eigenvalue weighted by atomic mass is 10.2. The number of nitrogens with zero attached hydrogens (tertiary/aromatic N) is 4. The Labute approximate surface area is 82.4 Å². The fourth-order valence-corrected chi connectivity index (χ4v) is 2.01. The van der Waals surface area contributed by atoms with E-state index in [0.29, 0.717) is 11.7 Å². The van der Waals surface area contributed by atoms with E-state index in [4.69, 9.17) is 10.5 Å². The van der Waals surface area contributed by atoms with Gasteiger partial charge in [-0.15, -0.1) is 0 Å². The summed E-state index contributed by atoms with van der Waals surface area (Å²) in [5.74, 6) is 0. The molecule has 70 valence electrons. The zero-order valence-corrected chi connectivity index (χ0v) is 7.77. The molecule has 1 aromatic heterocycles. The van der Waals surface area contributed by atoms with Gasteiger partial charge in [-0.3, -0.25) is 0 Å². The lowest BCUT2D eigenvalue weighted by molar-refractivity contribution is 0.514. The molecule has 0 amide bonds. The third-order valence-electron chi connectivity index (χ3n) is 2.72. The molecule has 4 heteroatoms. The maximum absolute atomic E-state index is 8.92. The van der Waals surface area contributed by atoms with Crippen molar-refractivity contribution in [3.63, 3.8) is 0 Å². The summed E-state index contributed by atoms with van der Waals surface area (Å²) in [6.45, 7) is 0. The van der Waals surface area contributed by atoms with Crippen LogP contribution in [0.25, 0.3) is 0 Å². The van der Waals surface area contributed by atoms with Crippen LogP contribution in [0.4, 0.5) is 0 Å². The average Bonchev–Trinajstić information content (AvgIpc) is 2.85. The van der Waals surface area contributed by atoms with Crippen LogP contribution in [-0.2, 0) is 0 Å². The van der Waals surface area contributed by atoms with Gasteiger partial charge in [0, 0.05) is 6.04 Å². The van der Waals surface area contributed by atoms with Crippen molar-refractivity contribution in [1.82, 2.24) is 9.55 Å². The molecule has 4 nitrogen and oxygen atoms in total. The summed E-state index contributed by atoms with van der Waals surface area (Å²) in [5, 5.41) is 17.6. The quantitative estimate of drug-likeness (QED) is 0.671. The molecule has 14 heavy (non-hydrogen) atoms. The first-order valence-electron chi connectivity index (χ1n) is 4.74. The second kappa shape index (κ2) is 3.51. The lowest BCUT2D eigenvalue weighted by Crippen LogP contribution is -2.05. The summed E-state index contributed by atoms with van der Waals surface area (Å²) < 4.78 is 1.85. The fourth-order valence-electron chi connectivity index (χ4n) is 2.01. The number of nitriles is 2. The second-order valence-electron chi connectivity index (χ2n) is 3.51. The van der Waals surface area contributed by atoms with Crippen molar-refractivity contribution in [2.75, 3.05) is 0 Å². The number of aromatic nitrogens is 2. The van der Waals surface area contributed by atoms with Crippen LogP contribution in [0.5, 0.6) is 0 Å². The van der Waals surface area contributed by atoms with Crippen molar-refractivity contribution in [2.24, 2.45) is 0 Å². The smallest absolute Gasteiger partial charge is 0.176 e. The molecular formula is C10H10N4. The molecule has 0 aliphatic heterocycles. The number of rotatable bonds is 1. The number of hydrogen-bond acceptors (Lipinski definition) is 3. The summed E-state index contributed by atoms with van der Waals surface area (Å²) in [5.41, 5.74) is 0.666. The van der Waals surface area contributed by atoms with Gasteiger partial charge in [-0.25, -0.2) is 4.98 Å². The Morgan fingerprint density at radius 2 is 2.00 bits per heavy atom. The molecule has 0 atom stereocenters. The zero-order valence-electron chi connectivity index (χ0n) is 7.77. The molecule has 1 saturated carbocycles. The number of hydrogen-bond donors (Lipinski definition) is 0. The monoisotopic (exact) mass is 186 g/mol. The predicted octanol–water partition coefficient (Wildman–Crippen LogP) is 1.74. The number of imidazole rings is 1. The van der Waals surface area contributed by atoms with Crippen LogP contribution < -0.4 is 0 Å². The van der Waals surface area contributed by atoms with Crippen molar-refractivity contribution in [3.8, 4) is 12.1 Å². The van der Waals surface area contributed by atoms with E-state index in [-0.39, 0.29) is 5.69 Å². The molecule has 0 bridgehead atoms. The van der Waals surface area contributed by atoms with E-state index in [9.17, 15) is 0 Å². The van der Waals surface area contributed by atoms with Gasteiger partial charge in [-0.1, -0.05) is 12.8 Å². The van der Waals surface area contributed by atoms with Gasteiger partial charge in [0.15, 0.2) is 11.4 Å². The molecule has 0 unspecified atom stereocenters. The van der Waals surface area contributed by atoms with Crippen LogP contribution in [0.3, 0.4) is 0 Å². The Balaban J connectivity index is 2.39. The first-order valence-corrected chi connectivity index (χ1v) is 4.74. The van der Waals surface area contributed by atoms with Crippen molar-refractivity contribution in [1.29, 1.82) is 10.5 Å². The highest BCUT2D eigenvalue weighted by Crippen LogP contribution is 2.30. The second-order valence-corrected chi connectivity index (χ2v) is 3.51. The molecule has 1 aliphatic rings. The van der Waals surface area contributed by atoms with Crippen LogP contribution in [0.2, 0.25) is 0 Å². The fraction of sp³-hybridized carbons (Fsp3) is 0.500. The molecular weight excluding hydrogens is 176 g/mol. The van der Waals surface area contributed by atoms with Crippen LogP contribution >= 0.6 is 0 Å². The third-order valence-corrected chi connectivity index (χ3v) is 2.72. The van der Waals surface area contributed by atoms with Crippen LogP contribution in [0.1, 0.15) is 43.1 Å². The maximum Gasteiger partial charge on any atom is 0.176 e.